The molecule has 0 aliphatic carbocycles. The van der Waals surface area contributed by atoms with Crippen LogP contribution in [0.1, 0.15) is 17.1 Å². The molecule has 0 saturated carbocycles. The monoisotopic (exact) mass is 313 g/mol. The maximum atomic E-state index is 12.2. The lowest BCUT2D eigenvalue weighted by Crippen LogP contribution is -2.31. The minimum Gasteiger partial charge on any atom is -0.493 e. The number of fused-ring (bicyclic) bond motifs is 1. The second-order valence-electron chi connectivity index (χ2n) is 5.38. The van der Waals surface area contributed by atoms with Crippen molar-refractivity contribution in [2.75, 3.05) is 25.2 Å². The Morgan fingerprint density at radius 1 is 1.17 bits per heavy atom. The fraction of sp³-hybridized carbons (Fsp3) is 0.353. The Hall–Kier alpha value is -2.63. The van der Waals surface area contributed by atoms with Crippen molar-refractivity contribution in [2.24, 2.45) is 0 Å². The van der Waals surface area contributed by atoms with Gasteiger partial charge in [0.1, 0.15) is 18.2 Å². The first-order valence-electron chi connectivity index (χ1n) is 7.50. The van der Waals surface area contributed by atoms with Gasteiger partial charge in [-0.2, -0.15) is 0 Å². The number of ether oxygens (including phenoxy) is 2. The van der Waals surface area contributed by atoms with Crippen molar-refractivity contribution in [3.8, 4) is 11.5 Å². The Kier molecular flexibility index (Phi) is 4.14. The van der Waals surface area contributed by atoms with Gasteiger partial charge >= 0.3 is 0 Å². The fourth-order valence-electron chi connectivity index (χ4n) is 2.73. The molecule has 6 nitrogen and oxygen atoms in total. The van der Waals surface area contributed by atoms with Gasteiger partial charge in [0.15, 0.2) is 11.5 Å². The van der Waals surface area contributed by atoms with Crippen LogP contribution in [0.3, 0.4) is 0 Å². The summed E-state index contributed by atoms with van der Waals surface area (Å²) in [4.78, 5) is 22.7. The second kappa shape index (κ2) is 6.24. The van der Waals surface area contributed by atoms with E-state index in [4.69, 9.17) is 9.47 Å². The summed E-state index contributed by atoms with van der Waals surface area (Å²) in [7, 11) is 1.60. The summed E-state index contributed by atoms with van der Waals surface area (Å²) in [5.74, 6) is 2.76. The molecular formula is C17H19N3O3. The zero-order chi connectivity index (χ0) is 16.4. The molecule has 0 fully saturated rings. The highest BCUT2D eigenvalue weighted by molar-refractivity contribution is 6.00. The quantitative estimate of drug-likeness (QED) is 0.845. The molecule has 0 radical (unpaired) electrons. The predicted molar refractivity (Wildman–Crippen MR) is 86.1 cm³/mol. The van der Waals surface area contributed by atoms with Gasteiger partial charge in [-0.1, -0.05) is 12.1 Å². The lowest BCUT2D eigenvalue weighted by Gasteiger charge is -2.18. The number of para-hydroxylation sites is 2. The molecule has 3 rings (SSSR count). The fourth-order valence-corrected chi connectivity index (χ4v) is 2.73. The molecule has 6 heteroatoms. The van der Waals surface area contributed by atoms with Crippen molar-refractivity contribution in [2.45, 2.75) is 20.3 Å². The summed E-state index contributed by atoms with van der Waals surface area (Å²) in [6.45, 7) is 4.56. The van der Waals surface area contributed by atoms with E-state index in [9.17, 15) is 4.79 Å². The van der Waals surface area contributed by atoms with Gasteiger partial charge in [0.25, 0.3) is 0 Å². The molecule has 2 heterocycles. The van der Waals surface area contributed by atoms with Crippen molar-refractivity contribution in [3.05, 3.63) is 41.3 Å². The van der Waals surface area contributed by atoms with Crippen LogP contribution in [-0.2, 0) is 11.2 Å². The highest BCUT2D eigenvalue weighted by atomic mass is 16.5. The topological polar surface area (TPSA) is 64.6 Å². The van der Waals surface area contributed by atoms with Gasteiger partial charge < -0.3 is 9.47 Å². The lowest BCUT2D eigenvalue weighted by molar-refractivity contribution is -0.117. The van der Waals surface area contributed by atoms with Gasteiger partial charge in [-0.05, 0) is 26.0 Å². The molecule has 1 aromatic carbocycles. The number of carbonyl (C=O) groups is 1. The van der Waals surface area contributed by atoms with Crippen LogP contribution in [0.5, 0.6) is 11.5 Å². The molecule has 0 atom stereocenters. The number of methoxy groups -OCH3 is 1. The first kappa shape index (κ1) is 15.3. The summed E-state index contributed by atoms with van der Waals surface area (Å²) in [6, 6.07) is 7.45. The number of amides is 1. The maximum absolute atomic E-state index is 12.2. The Morgan fingerprint density at radius 2 is 1.91 bits per heavy atom. The van der Waals surface area contributed by atoms with Crippen molar-refractivity contribution >= 4 is 11.7 Å². The number of rotatable bonds is 5. The highest BCUT2D eigenvalue weighted by Crippen LogP contribution is 2.29. The summed E-state index contributed by atoms with van der Waals surface area (Å²) in [6.07, 6.45) is 0.357. The third-order valence-electron chi connectivity index (χ3n) is 3.83. The number of hydrogen-bond donors (Lipinski definition) is 0. The molecule has 2 aromatic rings. The number of aryl methyl sites for hydroxylation is 2. The summed E-state index contributed by atoms with van der Waals surface area (Å²) in [5.41, 5.74) is 1.78. The second-order valence-corrected chi connectivity index (χ2v) is 5.38. The first-order valence-corrected chi connectivity index (χ1v) is 7.50. The minimum absolute atomic E-state index is 0.0339. The Morgan fingerprint density at radius 3 is 2.65 bits per heavy atom. The third kappa shape index (κ3) is 2.97. The molecule has 0 N–H and O–H groups in total. The smallest absolute Gasteiger partial charge is 0.232 e. The van der Waals surface area contributed by atoms with E-state index in [1.54, 1.807) is 12.0 Å². The average molecular weight is 313 g/mol. The standard InChI is InChI=1S/C17H19N3O3/c1-11-13-10-16(21)20(17(13)19-12(2)18-11)8-9-23-15-7-5-4-6-14(15)22-3/h4-7H,8-10H2,1-3H3. The van der Waals surface area contributed by atoms with Crippen LogP contribution < -0.4 is 14.4 Å². The normalized spacial score (nSPS) is 13.2. The van der Waals surface area contributed by atoms with Crippen LogP contribution in [0.4, 0.5) is 5.82 Å². The zero-order valence-electron chi connectivity index (χ0n) is 13.5. The van der Waals surface area contributed by atoms with E-state index < -0.39 is 0 Å². The average Bonchev–Trinajstić information content (AvgIpc) is 2.84. The van der Waals surface area contributed by atoms with Crippen LogP contribution in [0, 0.1) is 13.8 Å². The van der Waals surface area contributed by atoms with E-state index in [0.717, 1.165) is 11.3 Å². The predicted octanol–water partition coefficient (Wildman–Crippen LogP) is 2.07. The Balaban J connectivity index is 1.71. The molecule has 0 spiro atoms. The largest absolute Gasteiger partial charge is 0.493 e. The highest BCUT2D eigenvalue weighted by Gasteiger charge is 2.30. The maximum Gasteiger partial charge on any atom is 0.232 e. The Labute approximate surface area is 135 Å². The summed E-state index contributed by atoms with van der Waals surface area (Å²) >= 11 is 0. The van der Waals surface area contributed by atoms with Crippen LogP contribution in [0.25, 0.3) is 0 Å². The molecule has 0 bridgehead atoms. The molecule has 1 aliphatic rings. The molecule has 1 aromatic heterocycles. The SMILES string of the molecule is COc1ccccc1OCCN1C(=O)Cc2c(C)nc(C)nc21. The molecule has 0 saturated heterocycles. The van der Waals surface area contributed by atoms with Crippen molar-refractivity contribution < 1.29 is 14.3 Å². The summed E-state index contributed by atoms with van der Waals surface area (Å²) in [5, 5.41) is 0. The van der Waals surface area contributed by atoms with Crippen LogP contribution >= 0.6 is 0 Å². The van der Waals surface area contributed by atoms with E-state index >= 15 is 0 Å². The van der Waals surface area contributed by atoms with Gasteiger partial charge in [0, 0.05) is 11.3 Å². The van der Waals surface area contributed by atoms with Gasteiger partial charge in [-0.15, -0.1) is 0 Å². The van der Waals surface area contributed by atoms with Crippen molar-refractivity contribution in [1.82, 2.24) is 9.97 Å². The molecule has 1 amide bonds. The summed E-state index contributed by atoms with van der Waals surface area (Å²) < 4.78 is 11.0. The molecular weight excluding hydrogens is 294 g/mol. The van der Waals surface area contributed by atoms with Gasteiger partial charge in [0.05, 0.1) is 20.1 Å². The number of hydrogen-bond acceptors (Lipinski definition) is 5. The minimum atomic E-state index is 0.0339. The zero-order valence-corrected chi connectivity index (χ0v) is 13.5. The third-order valence-corrected chi connectivity index (χ3v) is 3.83. The van der Waals surface area contributed by atoms with E-state index in [1.165, 1.54) is 0 Å². The van der Waals surface area contributed by atoms with Crippen LogP contribution in [0.15, 0.2) is 24.3 Å². The number of benzene rings is 1. The van der Waals surface area contributed by atoms with Crippen molar-refractivity contribution in [1.29, 1.82) is 0 Å². The Bertz CT molecular complexity index is 746. The van der Waals surface area contributed by atoms with E-state index in [2.05, 4.69) is 9.97 Å². The van der Waals surface area contributed by atoms with Crippen LogP contribution in [0.2, 0.25) is 0 Å². The first-order chi connectivity index (χ1) is 11.1. The number of aromatic nitrogens is 2. The van der Waals surface area contributed by atoms with Gasteiger partial charge in [-0.25, -0.2) is 9.97 Å². The van der Waals surface area contributed by atoms with E-state index in [-0.39, 0.29) is 5.91 Å². The van der Waals surface area contributed by atoms with Gasteiger partial charge in [0.2, 0.25) is 5.91 Å². The van der Waals surface area contributed by atoms with Crippen molar-refractivity contribution in [3.63, 3.8) is 0 Å². The van der Waals surface area contributed by atoms with E-state index in [1.807, 2.05) is 38.1 Å². The van der Waals surface area contributed by atoms with E-state index in [0.29, 0.717) is 42.7 Å². The number of nitrogens with zero attached hydrogens (tertiary/aromatic N) is 3. The lowest BCUT2D eigenvalue weighted by atomic mass is 10.2. The molecule has 1 aliphatic heterocycles. The van der Waals surface area contributed by atoms with Gasteiger partial charge in [-0.3, -0.25) is 9.69 Å². The molecule has 23 heavy (non-hydrogen) atoms. The van der Waals surface area contributed by atoms with Crippen LogP contribution in [-0.4, -0.2) is 36.1 Å². The number of carbonyl (C=O) groups excluding carboxylic acids is 1. The molecule has 0 unspecified atom stereocenters. The number of anilines is 1. The molecule has 120 valence electrons.